The Balaban J connectivity index is 2.31. The molecule has 0 bridgehead atoms. The molecule has 1 rings (SSSR count). The summed E-state index contributed by atoms with van der Waals surface area (Å²) >= 11 is 0. The molecule has 1 unspecified atom stereocenters. The molecule has 18 heavy (non-hydrogen) atoms. The Kier molecular flexibility index (Phi) is 4.86. The highest BCUT2D eigenvalue weighted by Crippen LogP contribution is 2.20. The normalized spacial score (nSPS) is 13.6. The van der Waals surface area contributed by atoms with Gasteiger partial charge in [-0.15, -0.1) is 0 Å². The van der Waals surface area contributed by atoms with Gasteiger partial charge in [-0.05, 0) is 11.8 Å². The van der Waals surface area contributed by atoms with Crippen LogP contribution in [0.4, 0.5) is 0 Å². The van der Waals surface area contributed by atoms with E-state index >= 15 is 0 Å². The fraction of sp³-hybridized carbons (Fsp3) is 0.667. The van der Waals surface area contributed by atoms with Crippen LogP contribution < -0.4 is 5.32 Å². The predicted octanol–water partition coefficient (Wildman–Crippen LogP) is 1.26. The van der Waals surface area contributed by atoms with Crippen LogP contribution in [-0.2, 0) is 6.54 Å². The molecule has 0 aliphatic rings. The minimum absolute atomic E-state index is 0.0732. The van der Waals surface area contributed by atoms with Gasteiger partial charge in [-0.2, -0.15) is 0 Å². The summed E-state index contributed by atoms with van der Waals surface area (Å²) in [5.41, 5.74) is -0.0360. The molecule has 0 aliphatic heterocycles. The average Bonchev–Trinajstić information content (AvgIpc) is 2.63. The van der Waals surface area contributed by atoms with Crippen LogP contribution in [0.2, 0.25) is 0 Å². The lowest BCUT2D eigenvalue weighted by Gasteiger charge is -2.22. The molecule has 1 aromatic rings. The Hall–Kier alpha value is -1.40. The molecule has 6 nitrogen and oxygen atoms in total. The van der Waals surface area contributed by atoms with Crippen LogP contribution in [-0.4, -0.2) is 34.0 Å². The third-order valence-electron chi connectivity index (χ3n) is 2.31. The van der Waals surface area contributed by atoms with Crippen molar-refractivity contribution in [3.8, 4) is 0 Å². The maximum absolute atomic E-state index is 10.6. The molecule has 6 heteroatoms. The Morgan fingerprint density at radius 3 is 2.72 bits per heavy atom. The van der Waals surface area contributed by atoms with Gasteiger partial charge in [0.25, 0.3) is 0 Å². The molecule has 1 heterocycles. The summed E-state index contributed by atoms with van der Waals surface area (Å²) in [6, 6.07) is 1.37. The minimum Gasteiger partial charge on any atom is -0.476 e. The van der Waals surface area contributed by atoms with E-state index in [-0.39, 0.29) is 11.1 Å². The van der Waals surface area contributed by atoms with E-state index in [4.69, 9.17) is 9.63 Å². The number of carbonyl (C=O) groups is 1. The summed E-state index contributed by atoms with van der Waals surface area (Å²) in [6.45, 7) is 6.96. The van der Waals surface area contributed by atoms with Crippen LogP contribution >= 0.6 is 0 Å². The lowest BCUT2D eigenvalue weighted by Crippen LogP contribution is -2.29. The van der Waals surface area contributed by atoms with Gasteiger partial charge in [-0.1, -0.05) is 25.9 Å². The molecule has 1 atom stereocenters. The van der Waals surface area contributed by atoms with Crippen LogP contribution in [0.3, 0.4) is 0 Å². The first-order chi connectivity index (χ1) is 8.28. The molecule has 0 spiro atoms. The van der Waals surface area contributed by atoms with E-state index in [9.17, 15) is 9.90 Å². The highest BCUT2D eigenvalue weighted by molar-refractivity contribution is 5.85. The fourth-order valence-corrected chi connectivity index (χ4v) is 1.64. The number of rotatable bonds is 6. The maximum atomic E-state index is 10.6. The number of aliphatic hydroxyl groups is 1. The molecule has 3 N–H and O–H groups in total. The lowest BCUT2D eigenvalue weighted by atomic mass is 9.89. The number of nitrogens with zero attached hydrogens (tertiary/aromatic N) is 1. The smallest absolute Gasteiger partial charge is 0.358 e. The molecule has 0 aliphatic carbocycles. The molecule has 0 radical (unpaired) electrons. The predicted molar refractivity (Wildman–Crippen MR) is 65.2 cm³/mol. The molecular formula is C12H20N2O4. The van der Waals surface area contributed by atoms with Crippen molar-refractivity contribution in [2.75, 3.05) is 6.54 Å². The topological polar surface area (TPSA) is 95.6 Å². The highest BCUT2D eigenvalue weighted by atomic mass is 16.5. The first-order valence-corrected chi connectivity index (χ1v) is 5.85. The second-order valence-electron chi connectivity index (χ2n) is 5.53. The number of carboxylic acid groups (broad SMARTS) is 1. The van der Waals surface area contributed by atoms with Crippen molar-refractivity contribution in [3.63, 3.8) is 0 Å². The zero-order valence-electron chi connectivity index (χ0n) is 10.9. The van der Waals surface area contributed by atoms with Crippen LogP contribution in [0.1, 0.15) is 43.4 Å². The van der Waals surface area contributed by atoms with Crippen LogP contribution in [0, 0.1) is 5.41 Å². The third-order valence-corrected chi connectivity index (χ3v) is 2.31. The second-order valence-corrected chi connectivity index (χ2v) is 5.53. The summed E-state index contributed by atoms with van der Waals surface area (Å²) < 4.78 is 4.83. The zero-order valence-corrected chi connectivity index (χ0v) is 10.9. The van der Waals surface area contributed by atoms with E-state index < -0.39 is 12.1 Å². The van der Waals surface area contributed by atoms with Crippen molar-refractivity contribution in [1.29, 1.82) is 0 Å². The van der Waals surface area contributed by atoms with Crippen molar-refractivity contribution >= 4 is 5.97 Å². The van der Waals surface area contributed by atoms with E-state index in [1.54, 1.807) is 0 Å². The summed E-state index contributed by atoms with van der Waals surface area (Å²) in [6.07, 6.45) is 0.253. The fourth-order valence-electron chi connectivity index (χ4n) is 1.64. The molecular weight excluding hydrogens is 236 g/mol. The van der Waals surface area contributed by atoms with Gasteiger partial charge >= 0.3 is 5.97 Å². The number of hydrogen-bond acceptors (Lipinski definition) is 5. The van der Waals surface area contributed by atoms with E-state index in [1.807, 2.05) is 0 Å². The molecule has 1 aromatic heterocycles. The summed E-state index contributed by atoms with van der Waals surface area (Å²) in [5.74, 6) is -0.673. The molecule has 0 saturated heterocycles. The first kappa shape index (κ1) is 14.7. The highest BCUT2D eigenvalue weighted by Gasteiger charge is 2.16. The Labute approximate surface area is 106 Å². The molecule has 0 aromatic carbocycles. The molecule has 0 fully saturated rings. The summed E-state index contributed by atoms with van der Waals surface area (Å²) in [5, 5.41) is 24.8. The summed E-state index contributed by atoms with van der Waals surface area (Å²) in [7, 11) is 0. The molecule has 0 saturated carbocycles. The third kappa shape index (κ3) is 5.29. The van der Waals surface area contributed by atoms with E-state index in [1.165, 1.54) is 6.07 Å². The maximum Gasteiger partial charge on any atom is 0.358 e. The van der Waals surface area contributed by atoms with Crippen molar-refractivity contribution in [2.45, 2.75) is 39.8 Å². The van der Waals surface area contributed by atoms with Crippen LogP contribution in [0.5, 0.6) is 0 Å². The second kappa shape index (κ2) is 5.97. The van der Waals surface area contributed by atoms with E-state index in [0.29, 0.717) is 25.3 Å². The summed E-state index contributed by atoms with van der Waals surface area (Å²) in [4.78, 5) is 10.6. The van der Waals surface area contributed by atoms with Gasteiger partial charge in [0.1, 0.15) is 0 Å². The van der Waals surface area contributed by atoms with Gasteiger partial charge in [0.2, 0.25) is 0 Å². The van der Waals surface area contributed by atoms with Crippen LogP contribution in [0.25, 0.3) is 0 Å². The molecule has 102 valence electrons. The van der Waals surface area contributed by atoms with Crippen molar-refractivity contribution in [2.24, 2.45) is 5.41 Å². The quantitative estimate of drug-likeness (QED) is 0.709. The number of aliphatic hydroxyl groups excluding tert-OH is 1. The van der Waals surface area contributed by atoms with Crippen molar-refractivity contribution in [1.82, 2.24) is 10.5 Å². The number of hydrogen-bond donors (Lipinski definition) is 3. The largest absolute Gasteiger partial charge is 0.476 e. The van der Waals surface area contributed by atoms with Crippen molar-refractivity contribution < 1.29 is 19.5 Å². The number of aromatic nitrogens is 1. The minimum atomic E-state index is -1.11. The standard InChI is InChI=1S/C12H20N2O4/c1-12(2,3)5-8(15)6-13-7-9-4-10(11(16)17)14-18-9/h4,8,13,15H,5-7H2,1-3H3,(H,16,17). The van der Waals surface area contributed by atoms with Gasteiger partial charge in [0.15, 0.2) is 11.5 Å². The lowest BCUT2D eigenvalue weighted by molar-refractivity contribution is 0.0685. The van der Waals surface area contributed by atoms with E-state index in [2.05, 4.69) is 31.2 Å². The SMILES string of the molecule is CC(C)(C)CC(O)CNCc1cc(C(=O)O)no1. The molecule has 0 amide bonds. The van der Waals surface area contributed by atoms with Gasteiger partial charge < -0.3 is 20.1 Å². The monoisotopic (exact) mass is 256 g/mol. The van der Waals surface area contributed by atoms with Gasteiger partial charge in [0, 0.05) is 12.6 Å². The Bertz CT molecular complexity index is 395. The Morgan fingerprint density at radius 2 is 2.22 bits per heavy atom. The zero-order chi connectivity index (χ0) is 13.8. The Morgan fingerprint density at radius 1 is 1.56 bits per heavy atom. The number of aromatic carboxylic acids is 1. The average molecular weight is 256 g/mol. The van der Waals surface area contributed by atoms with Gasteiger partial charge in [-0.3, -0.25) is 0 Å². The van der Waals surface area contributed by atoms with Crippen LogP contribution in [0.15, 0.2) is 10.6 Å². The van der Waals surface area contributed by atoms with E-state index in [0.717, 1.165) is 0 Å². The van der Waals surface area contributed by atoms with Gasteiger partial charge in [-0.25, -0.2) is 4.79 Å². The van der Waals surface area contributed by atoms with Gasteiger partial charge in [0.05, 0.1) is 12.6 Å². The number of nitrogens with one attached hydrogen (secondary N) is 1. The first-order valence-electron chi connectivity index (χ1n) is 5.85. The van der Waals surface area contributed by atoms with Crippen molar-refractivity contribution in [3.05, 3.63) is 17.5 Å². The number of carboxylic acids is 1.